The first-order valence-corrected chi connectivity index (χ1v) is 6.22. The normalized spacial score (nSPS) is 10.1. The number of hydrogen-bond acceptors (Lipinski definition) is 4. The maximum atomic E-state index is 4.43. The average Bonchev–Trinajstić information content (AvgIpc) is 2.33. The molecule has 0 aliphatic heterocycles. The first kappa shape index (κ1) is 11.0. The number of rotatable bonds is 3. The van der Waals surface area contributed by atoms with Crippen LogP contribution in [-0.4, -0.2) is 16.2 Å². The van der Waals surface area contributed by atoms with Crippen molar-refractivity contribution in [3.63, 3.8) is 0 Å². The molecule has 1 N–H and O–H groups in total. The maximum Gasteiger partial charge on any atom is 0.189 e. The molecule has 0 saturated carbocycles. The number of benzene rings is 1. The van der Waals surface area contributed by atoms with E-state index in [0.717, 1.165) is 22.2 Å². The molecule has 0 spiro atoms. The fourth-order valence-electron chi connectivity index (χ4n) is 1.31. The molecular weight excluding hydrogens is 218 g/mol. The van der Waals surface area contributed by atoms with Gasteiger partial charge >= 0.3 is 0 Å². The number of anilines is 2. The molecule has 0 aliphatic carbocycles. The molecule has 2 rings (SSSR count). The fourth-order valence-corrected chi connectivity index (χ4v) is 1.65. The lowest BCUT2D eigenvalue weighted by Crippen LogP contribution is -1.98. The number of thioether (sulfide) groups is 1. The van der Waals surface area contributed by atoms with Crippen LogP contribution in [-0.2, 0) is 0 Å². The van der Waals surface area contributed by atoms with Gasteiger partial charge in [-0.05, 0) is 25.3 Å². The van der Waals surface area contributed by atoms with Gasteiger partial charge < -0.3 is 5.32 Å². The van der Waals surface area contributed by atoms with Crippen molar-refractivity contribution < 1.29 is 0 Å². The Kier molecular flexibility index (Phi) is 3.41. The highest BCUT2D eigenvalue weighted by atomic mass is 32.2. The van der Waals surface area contributed by atoms with Crippen LogP contribution in [0.2, 0.25) is 0 Å². The number of aromatic nitrogens is 2. The van der Waals surface area contributed by atoms with Crippen molar-refractivity contribution in [2.75, 3.05) is 11.6 Å². The van der Waals surface area contributed by atoms with Crippen LogP contribution in [0.3, 0.4) is 0 Å². The van der Waals surface area contributed by atoms with Crippen molar-refractivity contribution in [2.24, 2.45) is 0 Å². The van der Waals surface area contributed by atoms with Crippen LogP contribution in [0.4, 0.5) is 11.5 Å². The summed E-state index contributed by atoms with van der Waals surface area (Å²) in [5, 5.41) is 4.06. The van der Waals surface area contributed by atoms with Gasteiger partial charge in [0, 0.05) is 17.4 Å². The van der Waals surface area contributed by atoms with Crippen molar-refractivity contribution in [3.05, 3.63) is 42.1 Å². The largest absolute Gasteiger partial charge is 0.340 e. The van der Waals surface area contributed by atoms with Crippen LogP contribution in [0.25, 0.3) is 0 Å². The molecule has 0 unspecified atom stereocenters. The molecule has 0 amide bonds. The molecule has 1 heterocycles. The van der Waals surface area contributed by atoms with Gasteiger partial charge in [-0.3, -0.25) is 0 Å². The number of para-hydroxylation sites is 1. The summed E-state index contributed by atoms with van der Waals surface area (Å²) in [7, 11) is 0. The lowest BCUT2D eigenvalue weighted by atomic mass is 10.3. The zero-order chi connectivity index (χ0) is 11.4. The molecule has 1 aromatic heterocycles. The van der Waals surface area contributed by atoms with Gasteiger partial charge in [-0.2, -0.15) is 0 Å². The minimum Gasteiger partial charge on any atom is -0.340 e. The molecular formula is C12H13N3S. The lowest BCUT2D eigenvalue weighted by Gasteiger charge is -2.08. The summed E-state index contributed by atoms with van der Waals surface area (Å²) in [5.41, 5.74) is 2.08. The molecule has 0 radical (unpaired) electrons. The van der Waals surface area contributed by atoms with E-state index < -0.39 is 0 Å². The standard InChI is InChI=1S/C12H13N3S/c1-9-8-13-12(16-2)15-11(9)14-10-6-4-3-5-7-10/h3-8H,1-2H3,(H,13,14,15). The third-order valence-corrected chi connectivity index (χ3v) is 2.73. The lowest BCUT2D eigenvalue weighted by molar-refractivity contribution is 0.959. The smallest absolute Gasteiger partial charge is 0.189 e. The molecule has 0 bridgehead atoms. The Morgan fingerprint density at radius 3 is 2.62 bits per heavy atom. The second-order valence-corrected chi connectivity index (χ2v) is 4.15. The Morgan fingerprint density at radius 2 is 1.94 bits per heavy atom. The monoisotopic (exact) mass is 231 g/mol. The maximum absolute atomic E-state index is 4.43. The number of aryl methyl sites for hydroxylation is 1. The van der Waals surface area contributed by atoms with Crippen LogP contribution in [0, 0.1) is 6.92 Å². The summed E-state index contributed by atoms with van der Waals surface area (Å²) in [6, 6.07) is 10.0. The van der Waals surface area contributed by atoms with Gasteiger partial charge in [0.2, 0.25) is 0 Å². The number of nitrogens with one attached hydrogen (secondary N) is 1. The molecule has 16 heavy (non-hydrogen) atoms. The first-order chi connectivity index (χ1) is 7.79. The van der Waals surface area contributed by atoms with Gasteiger partial charge in [0.25, 0.3) is 0 Å². The van der Waals surface area contributed by atoms with E-state index in [9.17, 15) is 0 Å². The third kappa shape index (κ3) is 2.52. The summed E-state index contributed by atoms with van der Waals surface area (Å²) in [6.07, 6.45) is 3.81. The van der Waals surface area contributed by atoms with E-state index in [0.29, 0.717) is 0 Å². The molecule has 1 aromatic carbocycles. The molecule has 4 heteroatoms. The van der Waals surface area contributed by atoms with Crippen molar-refractivity contribution in [1.82, 2.24) is 9.97 Å². The van der Waals surface area contributed by atoms with E-state index >= 15 is 0 Å². The van der Waals surface area contributed by atoms with Gasteiger partial charge in [0.05, 0.1) is 0 Å². The minimum absolute atomic E-state index is 0.782. The topological polar surface area (TPSA) is 37.8 Å². The Morgan fingerprint density at radius 1 is 1.19 bits per heavy atom. The molecule has 0 saturated heterocycles. The van der Waals surface area contributed by atoms with E-state index in [-0.39, 0.29) is 0 Å². The third-order valence-electron chi connectivity index (χ3n) is 2.17. The zero-order valence-electron chi connectivity index (χ0n) is 9.27. The van der Waals surface area contributed by atoms with Gasteiger partial charge in [-0.15, -0.1) is 0 Å². The minimum atomic E-state index is 0.782. The van der Waals surface area contributed by atoms with Crippen molar-refractivity contribution in [1.29, 1.82) is 0 Å². The second-order valence-electron chi connectivity index (χ2n) is 3.38. The van der Waals surface area contributed by atoms with Crippen LogP contribution in [0.1, 0.15) is 5.56 Å². The van der Waals surface area contributed by atoms with Crippen LogP contribution >= 0.6 is 11.8 Å². The van der Waals surface area contributed by atoms with E-state index in [1.807, 2.05) is 49.7 Å². The second kappa shape index (κ2) is 4.99. The SMILES string of the molecule is CSc1ncc(C)c(Nc2ccccc2)n1. The number of nitrogens with zero attached hydrogens (tertiary/aromatic N) is 2. The molecule has 3 nitrogen and oxygen atoms in total. The summed E-state index contributed by atoms with van der Waals surface area (Å²) in [5.74, 6) is 0.866. The van der Waals surface area contributed by atoms with Crippen LogP contribution < -0.4 is 5.32 Å². The van der Waals surface area contributed by atoms with E-state index in [4.69, 9.17) is 0 Å². The average molecular weight is 231 g/mol. The highest BCUT2D eigenvalue weighted by Gasteiger charge is 2.02. The highest BCUT2D eigenvalue weighted by molar-refractivity contribution is 7.98. The summed E-state index contributed by atoms with van der Waals surface area (Å²) in [6.45, 7) is 2.00. The molecule has 0 aliphatic rings. The molecule has 2 aromatic rings. The van der Waals surface area contributed by atoms with Crippen molar-refractivity contribution in [3.8, 4) is 0 Å². The predicted octanol–water partition coefficient (Wildman–Crippen LogP) is 3.25. The molecule has 0 fully saturated rings. The number of hydrogen-bond donors (Lipinski definition) is 1. The first-order valence-electron chi connectivity index (χ1n) is 4.99. The zero-order valence-corrected chi connectivity index (χ0v) is 10.1. The quantitative estimate of drug-likeness (QED) is 0.650. The van der Waals surface area contributed by atoms with Gasteiger partial charge in [0.1, 0.15) is 5.82 Å². The van der Waals surface area contributed by atoms with Gasteiger partial charge in [-0.25, -0.2) is 9.97 Å². The summed E-state index contributed by atoms with van der Waals surface area (Å²) in [4.78, 5) is 8.64. The van der Waals surface area contributed by atoms with E-state index in [1.54, 1.807) is 11.8 Å². The summed E-state index contributed by atoms with van der Waals surface area (Å²) < 4.78 is 0. The molecule has 0 atom stereocenters. The van der Waals surface area contributed by atoms with Crippen LogP contribution in [0.5, 0.6) is 0 Å². The van der Waals surface area contributed by atoms with Crippen LogP contribution in [0.15, 0.2) is 41.7 Å². The highest BCUT2D eigenvalue weighted by Crippen LogP contribution is 2.19. The molecule has 82 valence electrons. The Labute approximate surface area is 99.3 Å². The van der Waals surface area contributed by atoms with Crippen molar-refractivity contribution in [2.45, 2.75) is 12.1 Å². The summed E-state index contributed by atoms with van der Waals surface area (Å²) >= 11 is 1.54. The van der Waals surface area contributed by atoms with Gasteiger partial charge in [0.15, 0.2) is 5.16 Å². The Bertz CT molecular complexity index is 471. The predicted molar refractivity (Wildman–Crippen MR) is 68.3 cm³/mol. The van der Waals surface area contributed by atoms with Gasteiger partial charge in [-0.1, -0.05) is 30.0 Å². The van der Waals surface area contributed by atoms with Crippen molar-refractivity contribution >= 4 is 23.3 Å². The fraction of sp³-hybridized carbons (Fsp3) is 0.167. The Hall–Kier alpha value is -1.55. The van der Waals surface area contributed by atoms with E-state index in [1.165, 1.54) is 0 Å². The van der Waals surface area contributed by atoms with E-state index in [2.05, 4.69) is 15.3 Å². The Balaban J connectivity index is 2.27.